The molecule has 0 saturated heterocycles. The fraction of sp³-hybridized carbons (Fsp3) is 0.200. The maximum absolute atomic E-state index is 13.3. The molecular weight excluding hydrogens is 309 g/mol. The molecule has 0 aliphatic heterocycles. The van der Waals surface area contributed by atoms with Crippen molar-refractivity contribution in [3.8, 4) is 11.5 Å². The van der Waals surface area contributed by atoms with Crippen LogP contribution < -0.4 is 10.1 Å². The van der Waals surface area contributed by atoms with Crippen molar-refractivity contribution in [3.63, 3.8) is 0 Å². The van der Waals surface area contributed by atoms with Gasteiger partial charge in [0.05, 0.1) is 0 Å². The molecule has 19 heavy (non-hydrogen) atoms. The predicted molar refractivity (Wildman–Crippen MR) is 78.0 cm³/mol. The van der Waals surface area contributed by atoms with E-state index in [2.05, 4.69) is 28.2 Å². The molecule has 1 N–H and O–H groups in total. The molecular formula is C15H15BrFNO. The summed E-state index contributed by atoms with van der Waals surface area (Å²) in [6, 6.07) is 12.2. The first-order valence-corrected chi connectivity index (χ1v) is 6.90. The van der Waals surface area contributed by atoms with Crippen LogP contribution in [0.15, 0.2) is 46.9 Å². The number of halogens is 2. The third-order valence-corrected chi connectivity index (χ3v) is 3.01. The monoisotopic (exact) mass is 323 g/mol. The minimum Gasteiger partial charge on any atom is -0.457 e. The first kappa shape index (κ1) is 14.0. The van der Waals surface area contributed by atoms with Crippen LogP contribution >= 0.6 is 15.9 Å². The molecule has 2 aromatic rings. The molecule has 0 amide bonds. The molecule has 0 radical (unpaired) electrons. The summed E-state index contributed by atoms with van der Waals surface area (Å²) < 4.78 is 19.6. The topological polar surface area (TPSA) is 21.3 Å². The lowest BCUT2D eigenvalue weighted by molar-refractivity contribution is 0.475. The van der Waals surface area contributed by atoms with Crippen LogP contribution in [0.4, 0.5) is 4.39 Å². The van der Waals surface area contributed by atoms with Gasteiger partial charge >= 0.3 is 0 Å². The minimum absolute atomic E-state index is 0.326. The molecule has 0 saturated carbocycles. The molecule has 0 aliphatic carbocycles. The molecule has 0 spiro atoms. The van der Waals surface area contributed by atoms with Gasteiger partial charge in [-0.05, 0) is 36.4 Å². The van der Waals surface area contributed by atoms with E-state index in [9.17, 15) is 4.39 Å². The van der Waals surface area contributed by atoms with E-state index >= 15 is 0 Å². The highest BCUT2D eigenvalue weighted by atomic mass is 79.9. The Morgan fingerprint density at radius 2 is 2.00 bits per heavy atom. The van der Waals surface area contributed by atoms with Crippen LogP contribution in [0.25, 0.3) is 0 Å². The Bertz CT molecular complexity index is 539. The Labute approximate surface area is 120 Å². The lowest BCUT2D eigenvalue weighted by Gasteiger charge is -2.08. The van der Waals surface area contributed by atoms with Crippen LogP contribution in [-0.2, 0) is 6.54 Å². The summed E-state index contributed by atoms with van der Waals surface area (Å²) >= 11 is 3.24. The number of nitrogens with one attached hydrogen (secondary N) is 1. The van der Waals surface area contributed by atoms with Crippen LogP contribution in [0.2, 0.25) is 0 Å². The van der Waals surface area contributed by atoms with E-state index in [0.29, 0.717) is 16.0 Å². The van der Waals surface area contributed by atoms with Gasteiger partial charge in [0, 0.05) is 17.1 Å². The quantitative estimate of drug-likeness (QED) is 0.875. The standard InChI is InChI=1S/C15H15BrFNO/c1-2-18-10-11-4-3-5-14(6-11)19-15-8-12(16)7-13(17)9-15/h3-9,18H,2,10H2,1H3. The van der Waals surface area contributed by atoms with E-state index < -0.39 is 0 Å². The number of ether oxygens (including phenoxy) is 1. The minimum atomic E-state index is -0.326. The normalized spacial score (nSPS) is 10.5. The summed E-state index contributed by atoms with van der Waals surface area (Å²) in [5.74, 6) is 0.855. The highest BCUT2D eigenvalue weighted by Crippen LogP contribution is 2.26. The number of benzene rings is 2. The van der Waals surface area contributed by atoms with E-state index in [1.807, 2.05) is 24.3 Å². The van der Waals surface area contributed by atoms with Gasteiger partial charge in [-0.15, -0.1) is 0 Å². The number of hydrogen-bond donors (Lipinski definition) is 1. The lowest BCUT2D eigenvalue weighted by atomic mass is 10.2. The van der Waals surface area contributed by atoms with Crippen molar-refractivity contribution in [1.82, 2.24) is 5.32 Å². The zero-order chi connectivity index (χ0) is 13.7. The zero-order valence-corrected chi connectivity index (χ0v) is 12.2. The summed E-state index contributed by atoms with van der Waals surface area (Å²) in [4.78, 5) is 0. The van der Waals surface area contributed by atoms with Crippen LogP contribution in [-0.4, -0.2) is 6.54 Å². The summed E-state index contributed by atoms with van der Waals surface area (Å²) in [7, 11) is 0. The molecule has 2 rings (SSSR count). The second kappa shape index (κ2) is 6.68. The summed E-state index contributed by atoms with van der Waals surface area (Å²) in [5, 5.41) is 3.25. The maximum Gasteiger partial charge on any atom is 0.131 e. The van der Waals surface area contributed by atoms with Gasteiger partial charge in [0.2, 0.25) is 0 Å². The molecule has 2 aromatic carbocycles. The van der Waals surface area contributed by atoms with E-state index in [1.165, 1.54) is 12.1 Å². The van der Waals surface area contributed by atoms with Crippen LogP contribution in [0, 0.1) is 5.82 Å². The van der Waals surface area contributed by atoms with Crippen LogP contribution in [0.3, 0.4) is 0 Å². The zero-order valence-electron chi connectivity index (χ0n) is 10.6. The van der Waals surface area contributed by atoms with Gasteiger partial charge in [0.15, 0.2) is 0 Å². The fourth-order valence-electron chi connectivity index (χ4n) is 1.71. The number of hydrogen-bond acceptors (Lipinski definition) is 2. The molecule has 0 bridgehead atoms. The fourth-order valence-corrected chi connectivity index (χ4v) is 2.16. The van der Waals surface area contributed by atoms with Gasteiger partial charge in [-0.2, -0.15) is 0 Å². The van der Waals surface area contributed by atoms with Gasteiger partial charge in [-0.3, -0.25) is 0 Å². The summed E-state index contributed by atoms with van der Waals surface area (Å²) in [6.45, 7) is 3.77. The van der Waals surface area contributed by atoms with Gasteiger partial charge < -0.3 is 10.1 Å². The average molecular weight is 324 g/mol. The Balaban J connectivity index is 2.13. The lowest BCUT2D eigenvalue weighted by Crippen LogP contribution is -2.11. The van der Waals surface area contributed by atoms with Crippen molar-refractivity contribution in [3.05, 3.63) is 58.3 Å². The second-order valence-corrected chi connectivity index (χ2v) is 5.05. The van der Waals surface area contributed by atoms with Gasteiger partial charge in [-0.25, -0.2) is 4.39 Å². The second-order valence-electron chi connectivity index (χ2n) is 4.13. The SMILES string of the molecule is CCNCc1cccc(Oc2cc(F)cc(Br)c2)c1. The van der Waals surface area contributed by atoms with Crippen molar-refractivity contribution in [2.45, 2.75) is 13.5 Å². The first-order chi connectivity index (χ1) is 9.17. The summed E-state index contributed by atoms with van der Waals surface area (Å²) in [5.41, 5.74) is 1.13. The van der Waals surface area contributed by atoms with Crippen molar-refractivity contribution >= 4 is 15.9 Å². The highest BCUT2D eigenvalue weighted by Gasteiger charge is 2.02. The van der Waals surface area contributed by atoms with Crippen molar-refractivity contribution in [2.75, 3.05) is 6.54 Å². The molecule has 0 heterocycles. The average Bonchev–Trinajstić information content (AvgIpc) is 2.35. The Kier molecular flexibility index (Phi) is 4.93. The van der Waals surface area contributed by atoms with E-state index in [0.717, 1.165) is 18.7 Å². The van der Waals surface area contributed by atoms with Crippen LogP contribution in [0.5, 0.6) is 11.5 Å². The molecule has 4 heteroatoms. The molecule has 0 aliphatic rings. The molecule has 2 nitrogen and oxygen atoms in total. The van der Waals surface area contributed by atoms with Gasteiger partial charge in [-0.1, -0.05) is 35.0 Å². The highest BCUT2D eigenvalue weighted by molar-refractivity contribution is 9.10. The molecule has 100 valence electrons. The van der Waals surface area contributed by atoms with Crippen LogP contribution in [0.1, 0.15) is 12.5 Å². The van der Waals surface area contributed by atoms with Gasteiger partial charge in [0.25, 0.3) is 0 Å². The molecule has 0 unspecified atom stereocenters. The van der Waals surface area contributed by atoms with Crippen molar-refractivity contribution in [1.29, 1.82) is 0 Å². The Morgan fingerprint density at radius 3 is 2.74 bits per heavy atom. The molecule has 0 atom stereocenters. The summed E-state index contributed by atoms with van der Waals surface area (Å²) in [6.07, 6.45) is 0. The van der Waals surface area contributed by atoms with E-state index in [1.54, 1.807) is 6.07 Å². The first-order valence-electron chi connectivity index (χ1n) is 6.11. The Hall–Kier alpha value is -1.39. The van der Waals surface area contributed by atoms with Gasteiger partial charge in [0.1, 0.15) is 17.3 Å². The smallest absolute Gasteiger partial charge is 0.131 e. The predicted octanol–water partition coefficient (Wildman–Crippen LogP) is 4.49. The van der Waals surface area contributed by atoms with Crippen molar-refractivity contribution in [2.24, 2.45) is 0 Å². The third kappa shape index (κ3) is 4.33. The Morgan fingerprint density at radius 1 is 1.16 bits per heavy atom. The third-order valence-electron chi connectivity index (χ3n) is 2.55. The van der Waals surface area contributed by atoms with E-state index in [4.69, 9.17) is 4.74 Å². The largest absolute Gasteiger partial charge is 0.457 e. The van der Waals surface area contributed by atoms with Crippen molar-refractivity contribution < 1.29 is 9.13 Å². The molecule has 0 aromatic heterocycles. The molecule has 0 fully saturated rings. The number of rotatable bonds is 5. The maximum atomic E-state index is 13.3. The van der Waals surface area contributed by atoms with E-state index in [-0.39, 0.29) is 5.82 Å².